The number of sulfonamides is 1. The number of halogens is 2. The molecule has 0 aromatic heterocycles. The summed E-state index contributed by atoms with van der Waals surface area (Å²) < 4.78 is 30.1. The summed E-state index contributed by atoms with van der Waals surface area (Å²) in [5.41, 5.74) is 0.963. The van der Waals surface area contributed by atoms with Crippen molar-refractivity contribution in [3.8, 4) is 0 Å². The van der Waals surface area contributed by atoms with E-state index >= 15 is 0 Å². The van der Waals surface area contributed by atoms with Crippen molar-refractivity contribution in [3.63, 3.8) is 0 Å². The van der Waals surface area contributed by atoms with Gasteiger partial charge in [0.2, 0.25) is 10.0 Å². The minimum atomic E-state index is -3.08. The topological polar surface area (TPSA) is 46.6 Å². The second-order valence-electron chi connectivity index (χ2n) is 4.92. The molecule has 0 bridgehead atoms. The zero-order valence-corrected chi connectivity index (χ0v) is 13.5. The summed E-state index contributed by atoms with van der Waals surface area (Å²) >= 11 is 11.8. The van der Waals surface area contributed by atoms with Gasteiger partial charge < -0.3 is 4.74 Å². The van der Waals surface area contributed by atoms with Crippen LogP contribution in [0.4, 0.5) is 0 Å². The highest BCUT2D eigenvalue weighted by molar-refractivity contribution is 7.88. The molecular weight excluding hydrogens is 321 g/mol. The van der Waals surface area contributed by atoms with Gasteiger partial charge in [0.25, 0.3) is 0 Å². The van der Waals surface area contributed by atoms with Gasteiger partial charge in [-0.05, 0) is 30.5 Å². The smallest absolute Gasteiger partial charge is 0.211 e. The number of hydrogen-bond donors (Lipinski definition) is 0. The molecular formula is C13H17Cl2NO3S. The van der Waals surface area contributed by atoms with E-state index in [9.17, 15) is 8.42 Å². The first kappa shape index (κ1) is 16.0. The van der Waals surface area contributed by atoms with E-state index in [1.807, 2.05) is 6.07 Å². The van der Waals surface area contributed by atoms with Gasteiger partial charge in [0.15, 0.2) is 0 Å². The molecule has 1 fully saturated rings. The molecule has 2 rings (SSSR count). The van der Waals surface area contributed by atoms with Gasteiger partial charge in [-0.2, -0.15) is 0 Å². The van der Waals surface area contributed by atoms with E-state index in [2.05, 4.69) is 0 Å². The second-order valence-corrected chi connectivity index (χ2v) is 7.72. The minimum Gasteiger partial charge on any atom is -0.373 e. The van der Waals surface area contributed by atoms with Crippen LogP contribution in [0.25, 0.3) is 0 Å². The molecule has 0 radical (unpaired) electrons. The first-order valence-corrected chi connectivity index (χ1v) is 8.97. The van der Waals surface area contributed by atoms with Crippen LogP contribution in [0.15, 0.2) is 18.2 Å². The van der Waals surface area contributed by atoms with Crippen molar-refractivity contribution in [2.45, 2.75) is 25.6 Å². The van der Waals surface area contributed by atoms with E-state index in [0.29, 0.717) is 42.6 Å². The Hall–Kier alpha value is -0.330. The molecule has 112 valence electrons. The predicted octanol–water partition coefficient (Wildman–Crippen LogP) is 2.93. The average Bonchev–Trinajstić information content (AvgIpc) is 2.40. The van der Waals surface area contributed by atoms with Crippen LogP contribution in [-0.4, -0.2) is 38.2 Å². The molecule has 0 saturated carbocycles. The van der Waals surface area contributed by atoms with Crippen LogP contribution < -0.4 is 0 Å². The quantitative estimate of drug-likeness (QED) is 0.848. The second kappa shape index (κ2) is 6.62. The monoisotopic (exact) mass is 337 g/mol. The van der Waals surface area contributed by atoms with E-state index in [1.165, 1.54) is 10.6 Å². The van der Waals surface area contributed by atoms with Gasteiger partial charge in [-0.1, -0.05) is 29.3 Å². The molecule has 1 heterocycles. The Morgan fingerprint density at radius 1 is 1.25 bits per heavy atom. The first-order chi connectivity index (χ1) is 9.36. The standard InChI is InChI=1S/C13H17Cl2NO3S/c1-20(17,18)16-6-4-11(5-7-16)19-9-10-2-3-12(14)13(15)8-10/h2-3,8,11H,4-7,9H2,1H3. The van der Waals surface area contributed by atoms with Crippen molar-refractivity contribution in [2.24, 2.45) is 0 Å². The predicted molar refractivity (Wildman–Crippen MR) is 80.7 cm³/mol. The zero-order valence-electron chi connectivity index (χ0n) is 11.2. The Labute approximate surface area is 129 Å². The molecule has 0 N–H and O–H groups in total. The van der Waals surface area contributed by atoms with Crippen LogP contribution in [0.5, 0.6) is 0 Å². The van der Waals surface area contributed by atoms with Crippen molar-refractivity contribution in [2.75, 3.05) is 19.3 Å². The van der Waals surface area contributed by atoms with Crippen LogP contribution in [-0.2, 0) is 21.4 Å². The molecule has 0 amide bonds. The third-order valence-electron chi connectivity index (χ3n) is 3.34. The zero-order chi connectivity index (χ0) is 14.8. The summed E-state index contributed by atoms with van der Waals surface area (Å²) in [4.78, 5) is 0. The summed E-state index contributed by atoms with van der Waals surface area (Å²) in [7, 11) is -3.08. The maximum absolute atomic E-state index is 11.4. The maximum atomic E-state index is 11.4. The average molecular weight is 338 g/mol. The van der Waals surface area contributed by atoms with Crippen LogP contribution in [0.3, 0.4) is 0 Å². The fourth-order valence-electron chi connectivity index (χ4n) is 2.17. The summed E-state index contributed by atoms with van der Waals surface area (Å²) in [6.07, 6.45) is 2.76. The van der Waals surface area contributed by atoms with Gasteiger partial charge in [0.05, 0.1) is 29.0 Å². The minimum absolute atomic E-state index is 0.0856. The van der Waals surface area contributed by atoms with Gasteiger partial charge >= 0.3 is 0 Å². The number of piperidine rings is 1. The molecule has 1 aliphatic rings. The van der Waals surface area contributed by atoms with Gasteiger partial charge in [-0.3, -0.25) is 0 Å². The summed E-state index contributed by atoms with van der Waals surface area (Å²) in [6.45, 7) is 1.50. The van der Waals surface area contributed by atoms with Crippen LogP contribution >= 0.6 is 23.2 Å². The van der Waals surface area contributed by atoms with Crippen LogP contribution in [0.2, 0.25) is 10.0 Å². The van der Waals surface area contributed by atoms with E-state index < -0.39 is 10.0 Å². The normalized spacial score (nSPS) is 18.4. The fourth-order valence-corrected chi connectivity index (χ4v) is 3.37. The number of benzene rings is 1. The van der Waals surface area contributed by atoms with Gasteiger partial charge in [0.1, 0.15) is 0 Å². The van der Waals surface area contributed by atoms with E-state index in [-0.39, 0.29) is 6.10 Å². The molecule has 0 unspecified atom stereocenters. The Morgan fingerprint density at radius 3 is 2.45 bits per heavy atom. The molecule has 7 heteroatoms. The SMILES string of the molecule is CS(=O)(=O)N1CCC(OCc2ccc(Cl)c(Cl)c2)CC1. The van der Waals surface area contributed by atoms with Gasteiger partial charge in [-0.15, -0.1) is 0 Å². The van der Waals surface area contributed by atoms with Crippen molar-refractivity contribution >= 4 is 33.2 Å². The molecule has 1 aromatic carbocycles. The highest BCUT2D eigenvalue weighted by Gasteiger charge is 2.25. The van der Waals surface area contributed by atoms with E-state index in [1.54, 1.807) is 12.1 Å². The lowest BCUT2D eigenvalue weighted by Gasteiger charge is -2.30. The largest absolute Gasteiger partial charge is 0.373 e. The molecule has 4 nitrogen and oxygen atoms in total. The lowest BCUT2D eigenvalue weighted by atomic mass is 10.1. The summed E-state index contributed by atoms with van der Waals surface area (Å²) in [5.74, 6) is 0. The fraction of sp³-hybridized carbons (Fsp3) is 0.538. The van der Waals surface area contributed by atoms with Crippen LogP contribution in [0, 0.1) is 0 Å². The first-order valence-electron chi connectivity index (χ1n) is 6.37. The molecule has 20 heavy (non-hydrogen) atoms. The van der Waals surface area contributed by atoms with E-state index in [4.69, 9.17) is 27.9 Å². The van der Waals surface area contributed by atoms with Crippen LogP contribution in [0.1, 0.15) is 18.4 Å². The Bertz CT molecular complexity index is 569. The number of hydrogen-bond acceptors (Lipinski definition) is 3. The number of ether oxygens (including phenoxy) is 1. The summed E-state index contributed by atoms with van der Waals surface area (Å²) in [6, 6.07) is 5.41. The lowest BCUT2D eigenvalue weighted by molar-refractivity contribution is 0.0103. The van der Waals surface area contributed by atoms with Crippen molar-refractivity contribution in [3.05, 3.63) is 33.8 Å². The Morgan fingerprint density at radius 2 is 1.90 bits per heavy atom. The Balaban J connectivity index is 1.83. The molecule has 0 spiro atoms. The van der Waals surface area contributed by atoms with Crippen molar-refractivity contribution < 1.29 is 13.2 Å². The number of rotatable bonds is 4. The summed E-state index contributed by atoms with van der Waals surface area (Å²) in [5, 5.41) is 1.04. The Kier molecular flexibility index (Phi) is 5.31. The third kappa shape index (κ3) is 4.33. The molecule has 1 aromatic rings. The van der Waals surface area contributed by atoms with Crippen molar-refractivity contribution in [1.29, 1.82) is 0 Å². The number of nitrogens with zero attached hydrogens (tertiary/aromatic N) is 1. The highest BCUT2D eigenvalue weighted by atomic mass is 35.5. The molecule has 0 atom stereocenters. The van der Waals surface area contributed by atoms with Gasteiger partial charge in [0, 0.05) is 13.1 Å². The molecule has 1 aliphatic heterocycles. The van der Waals surface area contributed by atoms with E-state index in [0.717, 1.165) is 5.56 Å². The highest BCUT2D eigenvalue weighted by Crippen LogP contribution is 2.24. The third-order valence-corrected chi connectivity index (χ3v) is 5.38. The van der Waals surface area contributed by atoms with Crippen molar-refractivity contribution in [1.82, 2.24) is 4.31 Å². The van der Waals surface area contributed by atoms with Gasteiger partial charge in [-0.25, -0.2) is 12.7 Å². The maximum Gasteiger partial charge on any atom is 0.211 e. The lowest BCUT2D eigenvalue weighted by Crippen LogP contribution is -2.40. The molecule has 1 saturated heterocycles. The molecule has 0 aliphatic carbocycles.